The average Bonchev–Trinajstić information content (AvgIpc) is 2.68. The van der Waals surface area contributed by atoms with E-state index in [9.17, 15) is 17.6 Å². The second-order valence-corrected chi connectivity index (χ2v) is 8.21. The molecule has 0 bridgehead atoms. The third-order valence-corrected chi connectivity index (χ3v) is 6.45. The zero-order valence-corrected chi connectivity index (χ0v) is 15.8. The molecule has 2 aromatic carbocycles. The van der Waals surface area contributed by atoms with E-state index in [1.807, 2.05) is 24.3 Å². The lowest BCUT2D eigenvalue weighted by atomic mass is 10.1. The first-order valence-corrected chi connectivity index (χ1v) is 10.0. The van der Waals surface area contributed by atoms with E-state index in [0.29, 0.717) is 18.8 Å². The number of halogens is 1. The predicted molar refractivity (Wildman–Crippen MR) is 98.4 cm³/mol. The van der Waals surface area contributed by atoms with Crippen molar-refractivity contribution in [2.45, 2.75) is 11.3 Å². The van der Waals surface area contributed by atoms with Crippen LogP contribution < -0.4 is 4.74 Å². The lowest BCUT2D eigenvalue weighted by Crippen LogP contribution is -2.50. The van der Waals surface area contributed by atoms with Gasteiger partial charge >= 0.3 is 0 Å². The molecule has 2 aromatic rings. The second kappa shape index (κ2) is 8.06. The Bertz CT molecular complexity index is 908. The lowest BCUT2D eigenvalue weighted by Gasteiger charge is -2.34. The van der Waals surface area contributed by atoms with Gasteiger partial charge < -0.3 is 9.64 Å². The summed E-state index contributed by atoms with van der Waals surface area (Å²) >= 11 is 0. The highest BCUT2D eigenvalue weighted by atomic mass is 32.2. The number of nitrogens with zero attached hydrogens (tertiary/aromatic N) is 2. The molecule has 1 aliphatic rings. The van der Waals surface area contributed by atoms with Crippen molar-refractivity contribution in [2.24, 2.45) is 0 Å². The molecule has 6 nitrogen and oxygen atoms in total. The van der Waals surface area contributed by atoms with Gasteiger partial charge in [0.15, 0.2) is 0 Å². The van der Waals surface area contributed by atoms with Crippen molar-refractivity contribution in [3.63, 3.8) is 0 Å². The molecule has 1 aliphatic heterocycles. The van der Waals surface area contributed by atoms with Crippen LogP contribution in [-0.2, 0) is 21.2 Å². The van der Waals surface area contributed by atoms with Gasteiger partial charge in [-0.2, -0.15) is 4.31 Å². The molecule has 1 saturated heterocycles. The first-order valence-electron chi connectivity index (χ1n) is 8.56. The maximum atomic E-state index is 13.0. The highest BCUT2D eigenvalue weighted by molar-refractivity contribution is 7.89. The Balaban J connectivity index is 1.61. The van der Waals surface area contributed by atoms with Crippen LogP contribution in [-0.4, -0.2) is 56.8 Å². The van der Waals surface area contributed by atoms with Crippen LogP contribution in [0.3, 0.4) is 0 Å². The van der Waals surface area contributed by atoms with Crippen LogP contribution in [0.25, 0.3) is 0 Å². The smallest absolute Gasteiger partial charge is 0.243 e. The lowest BCUT2D eigenvalue weighted by molar-refractivity contribution is -0.131. The molecule has 0 radical (unpaired) electrons. The normalized spacial score (nSPS) is 15.6. The minimum atomic E-state index is -3.68. The molecule has 1 heterocycles. The van der Waals surface area contributed by atoms with Gasteiger partial charge in [0.25, 0.3) is 0 Å². The Morgan fingerprint density at radius 3 is 2.37 bits per heavy atom. The van der Waals surface area contributed by atoms with Crippen LogP contribution in [0.15, 0.2) is 53.4 Å². The van der Waals surface area contributed by atoms with Gasteiger partial charge in [-0.15, -0.1) is 0 Å². The Morgan fingerprint density at radius 2 is 1.74 bits per heavy atom. The van der Waals surface area contributed by atoms with E-state index >= 15 is 0 Å². The maximum Gasteiger partial charge on any atom is 0.243 e. The number of methoxy groups -OCH3 is 1. The first-order chi connectivity index (χ1) is 12.9. The van der Waals surface area contributed by atoms with Crippen molar-refractivity contribution in [3.8, 4) is 5.75 Å². The number of carbonyl (C=O) groups is 1. The Morgan fingerprint density at radius 1 is 1.07 bits per heavy atom. The van der Waals surface area contributed by atoms with Gasteiger partial charge in [0.05, 0.1) is 18.4 Å². The van der Waals surface area contributed by atoms with E-state index in [-0.39, 0.29) is 30.3 Å². The minimum absolute atomic E-state index is 0.0536. The second-order valence-electron chi connectivity index (χ2n) is 6.27. The number of piperazine rings is 1. The molecular formula is C19H21FN2O4S. The standard InChI is InChI=1S/C19H21FN2O4S/c1-26-17-4-2-3-15(13-17)14-19(23)21-9-11-22(12-10-21)27(24,25)18-7-5-16(20)6-8-18/h2-8,13H,9-12,14H2,1H3. The molecule has 0 N–H and O–H groups in total. The average molecular weight is 392 g/mol. The van der Waals surface area contributed by atoms with Gasteiger partial charge in [-0.3, -0.25) is 4.79 Å². The SMILES string of the molecule is COc1cccc(CC(=O)N2CCN(S(=O)(=O)c3ccc(F)cc3)CC2)c1. The number of sulfonamides is 1. The molecule has 3 rings (SSSR count). The van der Waals surface area contributed by atoms with Gasteiger partial charge in [0.2, 0.25) is 15.9 Å². The first kappa shape index (κ1) is 19.3. The zero-order valence-electron chi connectivity index (χ0n) is 15.0. The summed E-state index contributed by atoms with van der Waals surface area (Å²) in [6.45, 7) is 1.07. The molecule has 0 spiro atoms. The summed E-state index contributed by atoms with van der Waals surface area (Å²) in [6.07, 6.45) is 0.238. The Kier molecular flexibility index (Phi) is 5.76. The number of ether oxygens (including phenoxy) is 1. The summed E-state index contributed by atoms with van der Waals surface area (Å²) in [4.78, 5) is 14.2. The van der Waals surface area contributed by atoms with Crippen molar-refractivity contribution in [1.82, 2.24) is 9.21 Å². The molecular weight excluding hydrogens is 371 g/mol. The molecule has 0 unspecified atom stereocenters. The maximum absolute atomic E-state index is 13.0. The van der Waals surface area contributed by atoms with Gasteiger partial charge in [0.1, 0.15) is 11.6 Å². The van der Waals surface area contributed by atoms with Crippen LogP contribution in [0.5, 0.6) is 5.75 Å². The predicted octanol–water partition coefficient (Wildman–Crippen LogP) is 1.91. The fourth-order valence-electron chi connectivity index (χ4n) is 3.00. The molecule has 0 atom stereocenters. The van der Waals surface area contributed by atoms with Crippen molar-refractivity contribution in [3.05, 3.63) is 59.9 Å². The summed E-state index contributed by atoms with van der Waals surface area (Å²) in [5.74, 6) is 0.152. The summed E-state index contributed by atoms with van der Waals surface area (Å²) in [6, 6.07) is 12.1. The van der Waals surface area contributed by atoms with E-state index in [2.05, 4.69) is 0 Å². The van der Waals surface area contributed by atoms with E-state index in [4.69, 9.17) is 4.74 Å². The minimum Gasteiger partial charge on any atom is -0.497 e. The largest absolute Gasteiger partial charge is 0.497 e. The van der Waals surface area contributed by atoms with Gasteiger partial charge in [0, 0.05) is 26.2 Å². The summed E-state index contributed by atoms with van der Waals surface area (Å²) in [5.41, 5.74) is 0.848. The van der Waals surface area contributed by atoms with Gasteiger partial charge in [-0.25, -0.2) is 12.8 Å². The highest BCUT2D eigenvalue weighted by Crippen LogP contribution is 2.19. The van der Waals surface area contributed by atoms with Crippen LogP contribution >= 0.6 is 0 Å². The number of carbonyl (C=O) groups excluding carboxylic acids is 1. The zero-order chi connectivity index (χ0) is 19.4. The van der Waals surface area contributed by atoms with E-state index in [1.165, 1.54) is 16.4 Å². The monoisotopic (exact) mass is 392 g/mol. The van der Waals surface area contributed by atoms with Crippen LogP contribution in [0.4, 0.5) is 4.39 Å². The van der Waals surface area contributed by atoms with Gasteiger partial charge in [-0.05, 0) is 42.0 Å². The molecule has 144 valence electrons. The molecule has 1 amide bonds. The Labute approximate surface area is 158 Å². The van der Waals surface area contributed by atoms with Crippen molar-refractivity contribution in [2.75, 3.05) is 33.3 Å². The van der Waals surface area contributed by atoms with Crippen LogP contribution in [0.1, 0.15) is 5.56 Å². The van der Waals surface area contributed by atoms with Crippen molar-refractivity contribution in [1.29, 1.82) is 0 Å². The fourth-order valence-corrected chi connectivity index (χ4v) is 4.42. The van der Waals surface area contributed by atoms with E-state index in [1.54, 1.807) is 12.0 Å². The molecule has 0 aromatic heterocycles. The molecule has 0 saturated carbocycles. The summed E-state index contributed by atoms with van der Waals surface area (Å²) < 4.78 is 44.8. The topological polar surface area (TPSA) is 66.9 Å². The van der Waals surface area contributed by atoms with Crippen LogP contribution in [0.2, 0.25) is 0 Å². The Hall–Kier alpha value is -2.45. The van der Waals surface area contributed by atoms with Gasteiger partial charge in [-0.1, -0.05) is 12.1 Å². The third-order valence-electron chi connectivity index (χ3n) is 4.53. The fraction of sp³-hybridized carbons (Fsp3) is 0.316. The molecule has 8 heteroatoms. The molecule has 1 fully saturated rings. The molecule has 27 heavy (non-hydrogen) atoms. The van der Waals surface area contributed by atoms with Crippen molar-refractivity contribution < 1.29 is 22.3 Å². The molecule has 0 aliphatic carbocycles. The number of hydrogen-bond acceptors (Lipinski definition) is 4. The number of rotatable bonds is 5. The highest BCUT2D eigenvalue weighted by Gasteiger charge is 2.30. The summed E-state index contributed by atoms with van der Waals surface area (Å²) in [5, 5.41) is 0. The van der Waals surface area contributed by atoms with Crippen molar-refractivity contribution >= 4 is 15.9 Å². The van der Waals surface area contributed by atoms with E-state index in [0.717, 1.165) is 17.7 Å². The number of hydrogen-bond donors (Lipinski definition) is 0. The number of benzene rings is 2. The quantitative estimate of drug-likeness (QED) is 0.780. The van der Waals surface area contributed by atoms with E-state index < -0.39 is 15.8 Å². The van der Waals surface area contributed by atoms with Crippen LogP contribution in [0, 0.1) is 5.82 Å². The third kappa shape index (κ3) is 4.45. The number of amides is 1. The summed E-state index contributed by atoms with van der Waals surface area (Å²) in [7, 11) is -2.11.